The Morgan fingerprint density at radius 2 is 1.73 bits per heavy atom. The van der Waals surface area contributed by atoms with E-state index in [1.165, 1.54) is 12.1 Å². The predicted molar refractivity (Wildman–Crippen MR) is 90.4 cm³/mol. The summed E-state index contributed by atoms with van der Waals surface area (Å²) in [5.74, 6) is -1.37. The zero-order valence-corrected chi connectivity index (χ0v) is 15.5. The van der Waals surface area contributed by atoms with Crippen LogP contribution in [0, 0.1) is 0 Å². The summed E-state index contributed by atoms with van der Waals surface area (Å²) in [4.78, 5) is 7.45. The topological polar surface area (TPSA) is 77.7 Å². The quantitative estimate of drug-likeness (QED) is 0.614. The molecule has 0 fully saturated rings. The number of nitrogens with zero attached hydrogens (tertiary/aromatic N) is 4. The third-order valence-electron chi connectivity index (χ3n) is 3.33. The summed E-state index contributed by atoms with van der Waals surface area (Å²) in [7, 11) is -3.48. The van der Waals surface area contributed by atoms with E-state index < -0.39 is 21.8 Å². The molecule has 0 aliphatic carbocycles. The van der Waals surface area contributed by atoms with Crippen LogP contribution in [0.4, 0.5) is 13.2 Å². The van der Waals surface area contributed by atoms with Crippen LogP contribution in [-0.2, 0) is 16.0 Å². The van der Waals surface area contributed by atoms with Gasteiger partial charge in [-0.05, 0) is 24.3 Å². The highest BCUT2D eigenvalue weighted by atomic mass is 79.9. The first-order chi connectivity index (χ1) is 12.1. The summed E-state index contributed by atoms with van der Waals surface area (Å²) in [5.41, 5.74) is 0.394. The highest BCUT2D eigenvalue weighted by molar-refractivity contribution is 9.10. The molecule has 136 valence electrons. The molecule has 0 bridgehead atoms. The van der Waals surface area contributed by atoms with Gasteiger partial charge in [0, 0.05) is 22.5 Å². The molecular weight excluding hydrogens is 437 g/mol. The first kappa shape index (κ1) is 18.5. The Balaban J connectivity index is 2.16. The number of hydrogen-bond donors (Lipinski definition) is 0. The molecule has 0 N–H and O–H groups in total. The number of halogens is 4. The molecule has 0 saturated carbocycles. The van der Waals surface area contributed by atoms with Crippen molar-refractivity contribution in [1.82, 2.24) is 19.7 Å². The minimum Gasteiger partial charge on any atom is -0.236 e. The minimum absolute atomic E-state index is 0.0123. The Hall–Kier alpha value is -2.27. The maximum Gasteiger partial charge on any atom is 0.453 e. The monoisotopic (exact) mass is 446 g/mol. The maximum atomic E-state index is 13.1. The summed E-state index contributed by atoms with van der Waals surface area (Å²) in [6, 6.07) is 8.99. The molecule has 6 nitrogen and oxygen atoms in total. The van der Waals surface area contributed by atoms with Crippen LogP contribution >= 0.6 is 15.9 Å². The first-order valence-electron chi connectivity index (χ1n) is 7.02. The van der Waals surface area contributed by atoms with Gasteiger partial charge in [0.25, 0.3) is 5.82 Å². The Morgan fingerprint density at radius 1 is 1.08 bits per heavy atom. The van der Waals surface area contributed by atoms with E-state index in [1.807, 2.05) is 0 Å². The van der Waals surface area contributed by atoms with Crippen LogP contribution in [0.1, 0.15) is 5.82 Å². The standard InChI is InChI=1S/C15H10BrF3N4O2S/c1-26(24,25)11-6-7-12(20-8-11)23-13(9-2-4-10(16)5-3-9)21-14(22-23)15(17,18)19/h2-8H,1H3. The van der Waals surface area contributed by atoms with Gasteiger partial charge in [-0.15, -0.1) is 5.10 Å². The van der Waals surface area contributed by atoms with Crippen molar-refractivity contribution in [2.24, 2.45) is 0 Å². The van der Waals surface area contributed by atoms with Crippen molar-refractivity contribution in [3.05, 3.63) is 52.9 Å². The predicted octanol–water partition coefficient (Wildman–Crippen LogP) is 3.51. The van der Waals surface area contributed by atoms with E-state index in [-0.39, 0.29) is 16.5 Å². The van der Waals surface area contributed by atoms with Gasteiger partial charge in [0.1, 0.15) is 0 Å². The number of sulfone groups is 1. The number of alkyl halides is 3. The summed E-state index contributed by atoms with van der Waals surface area (Å²) in [6.07, 6.45) is -2.67. The number of rotatable bonds is 3. The van der Waals surface area contributed by atoms with E-state index in [0.29, 0.717) is 5.56 Å². The summed E-state index contributed by atoms with van der Waals surface area (Å²) < 4.78 is 63.8. The van der Waals surface area contributed by atoms with Crippen LogP contribution in [0.2, 0.25) is 0 Å². The molecule has 3 aromatic rings. The van der Waals surface area contributed by atoms with E-state index in [0.717, 1.165) is 21.6 Å². The Bertz CT molecular complexity index is 1050. The van der Waals surface area contributed by atoms with Gasteiger partial charge in [-0.1, -0.05) is 28.1 Å². The fourth-order valence-corrected chi connectivity index (χ4v) is 2.92. The molecule has 2 heterocycles. The highest BCUT2D eigenvalue weighted by Crippen LogP contribution is 2.30. The number of pyridine rings is 1. The SMILES string of the molecule is CS(=O)(=O)c1ccc(-n2nc(C(F)(F)F)nc2-c2ccc(Br)cc2)nc1. The smallest absolute Gasteiger partial charge is 0.236 e. The maximum absolute atomic E-state index is 13.1. The van der Waals surface area contributed by atoms with Gasteiger partial charge < -0.3 is 0 Å². The first-order valence-corrected chi connectivity index (χ1v) is 9.71. The number of aromatic nitrogens is 4. The van der Waals surface area contributed by atoms with Crippen LogP contribution in [0.15, 0.2) is 52.0 Å². The van der Waals surface area contributed by atoms with Crippen molar-refractivity contribution < 1.29 is 21.6 Å². The lowest BCUT2D eigenvalue weighted by Gasteiger charge is -2.06. The van der Waals surface area contributed by atoms with Gasteiger partial charge in [0.2, 0.25) is 0 Å². The molecular formula is C15H10BrF3N4O2S. The van der Waals surface area contributed by atoms with Gasteiger partial charge in [-0.3, -0.25) is 0 Å². The average Bonchev–Trinajstić information content (AvgIpc) is 3.00. The lowest BCUT2D eigenvalue weighted by molar-refractivity contribution is -0.144. The molecule has 0 aliphatic heterocycles. The van der Waals surface area contributed by atoms with Crippen molar-refractivity contribution in [2.45, 2.75) is 11.1 Å². The molecule has 0 unspecified atom stereocenters. The summed E-state index contributed by atoms with van der Waals surface area (Å²) in [5, 5.41) is 3.50. The molecule has 11 heteroatoms. The molecule has 0 spiro atoms. The van der Waals surface area contributed by atoms with E-state index in [2.05, 4.69) is 31.0 Å². The van der Waals surface area contributed by atoms with Crippen molar-refractivity contribution in [3.63, 3.8) is 0 Å². The minimum atomic E-state index is -4.73. The van der Waals surface area contributed by atoms with Crippen LogP contribution in [0.5, 0.6) is 0 Å². The van der Waals surface area contributed by atoms with Gasteiger partial charge >= 0.3 is 6.18 Å². The van der Waals surface area contributed by atoms with Crippen LogP contribution < -0.4 is 0 Å². The van der Waals surface area contributed by atoms with Crippen molar-refractivity contribution in [2.75, 3.05) is 6.26 Å². The summed E-state index contributed by atoms with van der Waals surface area (Å²) >= 11 is 3.25. The molecule has 0 saturated heterocycles. The van der Waals surface area contributed by atoms with E-state index in [9.17, 15) is 21.6 Å². The van der Waals surface area contributed by atoms with Crippen LogP contribution in [0.3, 0.4) is 0 Å². The Morgan fingerprint density at radius 3 is 2.23 bits per heavy atom. The van der Waals surface area contributed by atoms with E-state index in [1.54, 1.807) is 24.3 Å². The molecule has 0 radical (unpaired) electrons. The molecule has 3 rings (SSSR count). The van der Waals surface area contributed by atoms with Gasteiger partial charge in [0.15, 0.2) is 21.5 Å². The van der Waals surface area contributed by atoms with Crippen molar-refractivity contribution >= 4 is 25.8 Å². The Labute approximate surface area is 154 Å². The molecule has 0 amide bonds. The second-order valence-corrected chi connectivity index (χ2v) is 8.23. The Kier molecular flexibility index (Phi) is 4.61. The largest absolute Gasteiger partial charge is 0.453 e. The molecule has 1 aromatic carbocycles. The normalized spacial score (nSPS) is 12.3. The zero-order chi connectivity index (χ0) is 19.1. The number of benzene rings is 1. The molecule has 0 atom stereocenters. The molecule has 2 aromatic heterocycles. The number of hydrogen-bond acceptors (Lipinski definition) is 5. The third kappa shape index (κ3) is 3.78. The van der Waals surface area contributed by atoms with Crippen molar-refractivity contribution in [3.8, 4) is 17.2 Å². The zero-order valence-electron chi connectivity index (χ0n) is 13.1. The lowest BCUT2D eigenvalue weighted by Crippen LogP contribution is -2.09. The second kappa shape index (κ2) is 6.47. The molecule has 26 heavy (non-hydrogen) atoms. The van der Waals surface area contributed by atoms with Crippen LogP contribution in [0.25, 0.3) is 17.2 Å². The third-order valence-corrected chi connectivity index (χ3v) is 4.96. The fraction of sp³-hybridized carbons (Fsp3) is 0.133. The van der Waals surface area contributed by atoms with E-state index >= 15 is 0 Å². The van der Waals surface area contributed by atoms with E-state index in [4.69, 9.17) is 0 Å². The van der Waals surface area contributed by atoms with Crippen LogP contribution in [-0.4, -0.2) is 34.4 Å². The molecule has 0 aliphatic rings. The summed E-state index contributed by atoms with van der Waals surface area (Å²) in [6.45, 7) is 0. The van der Waals surface area contributed by atoms with Gasteiger partial charge in [0.05, 0.1) is 4.90 Å². The second-order valence-electron chi connectivity index (χ2n) is 5.30. The average molecular weight is 447 g/mol. The van der Waals surface area contributed by atoms with Gasteiger partial charge in [-0.2, -0.15) is 17.9 Å². The van der Waals surface area contributed by atoms with Gasteiger partial charge in [-0.25, -0.2) is 18.4 Å². The highest BCUT2D eigenvalue weighted by Gasteiger charge is 2.37. The fourth-order valence-electron chi connectivity index (χ4n) is 2.09. The lowest BCUT2D eigenvalue weighted by atomic mass is 10.2. The van der Waals surface area contributed by atoms with Crippen molar-refractivity contribution in [1.29, 1.82) is 0 Å².